The lowest BCUT2D eigenvalue weighted by Gasteiger charge is -2.35. The van der Waals surface area contributed by atoms with Gasteiger partial charge in [0.1, 0.15) is 17.8 Å². The number of benzene rings is 1. The second kappa shape index (κ2) is 8.70. The van der Waals surface area contributed by atoms with E-state index in [0.29, 0.717) is 11.7 Å². The molecule has 2 fully saturated rings. The minimum absolute atomic E-state index is 0.0817. The fourth-order valence-electron chi connectivity index (χ4n) is 6.65. The number of nitrogen functional groups attached to an aromatic ring is 1. The quantitative estimate of drug-likeness (QED) is 0.577. The normalized spacial score (nSPS) is 24.0. The lowest BCUT2D eigenvalue weighted by Crippen LogP contribution is -2.44. The second-order valence-corrected chi connectivity index (χ2v) is 10.6. The molecule has 3 heterocycles. The summed E-state index contributed by atoms with van der Waals surface area (Å²) in [6.07, 6.45) is 10.2. The van der Waals surface area contributed by atoms with Gasteiger partial charge in [-0.3, -0.25) is 4.79 Å². The van der Waals surface area contributed by atoms with Gasteiger partial charge in [-0.1, -0.05) is 18.2 Å². The van der Waals surface area contributed by atoms with Crippen molar-refractivity contribution in [3.05, 3.63) is 42.2 Å². The smallest absolute Gasteiger partial charge is 0.226 e. The number of fused-ring (bicyclic) bond motifs is 3. The molecule has 7 heteroatoms. The zero-order valence-electron chi connectivity index (χ0n) is 20.6. The van der Waals surface area contributed by atoms with Crippen LogP contribution in [0.2, 0.25) is 0 Å². The number of nitrogens with one attached hydrogen (secondary N) is 1. The number of amides is 1. The number of aryl methyl sites for hydroxylation is 1. The lowest BCUT2D eigenvalue weighted by atomic mass is 9.83. The Morgan fingerprint density at radius 1 is 1.09 bits per heavy atom. The highest BCUT2D eigenvalue weighted by Crippen LogP contribution is 2.43. The van der Waals surface area contributed by atoms with Gasteiger partial charge < -0.3 is 20.5 Å². The molecule has 1 aliphatic heterocycles. The molecule has 1 aromatic carbocycles. The van der Waals surface area contributed by atoms with Gasteiger partial charge in [0.2, 0.25) is 5.91 Å². The van der Waals surface area contributed by atoms with E-state index in [4.69, 9.17) is 5.73 Å². The third-order valence-electron chi connectivity index (χ3n) is 8.44. The molecule has 2 aromatic heterocycles. The molecule has 3 unspecified atom stereocenters. The van der Waals surface area contributed by atoms with Gasteiger partial charge in [0.15, 0.2) is 0 Å². The summed E-state index contributed by atoms with van der Waals surface area (Å²) < 4.78 is 2.12. The summed E-state index contributed by atoms with van der Waals surface area (Å²) in [5.41, 5.74) is 12.9. The summed E-state index contributed by atoms with van der Waals surface area (Å²) in [4.78, 5) is 24.4. The molecule has 1 saturated carbocycles. The van der Waals surface area contributed by atoms with Crippen LogP contribution in [0, 0.1) is 17.8 Å². The van der Waals surface area contributed by atoms with E-state index in [1.807, 2.05) is 14.1 Å². The van der Waals surface area contributed by atoms with Crippen LogP contribution in [0.4, 0.5) is 11.5 Å². The van der Waals surface area contributed by atoms with Gasteiger partial charge >= 0.3 is 0 Å². The molecular formula is C28H34N6O. The number of aromatic nitrogens is 3. The second-order valence-electron chi connectivity index (χ2n) is 10.6. The van der Waals surface area contributed by atoms with Gasteiger partial charge in [-0.05, 0) is 73.6 Å². The predicted molar refractivity (Wildman–Crippen MR) is 141 cm³/mol. The zero-order valence-corrected chi connectivity index (χ0v) is 20.6. The number of rotatable bonds is 4. The average molecular weight is 471 g/mol. The lowest BCUT2D eigenvalue weighted by molar-refractivity contribution is -0.137. The highest BCUT2D eigenvalue weighted by molar-refractivity contribution is 6.04. The molecule has 6 rings (SSSR count). The van der Waals surface area contributed by atoms with Crippen LogP contribution < -0.4 is 11.1 Å². The summed E-state index contributed by atoms with van der Waals surface area (Å²) in [6.45, 7) is 1.93. The first-order valence-corrected chi connectivity index (χ1v) is 12.9. The molecule has 2 bridgehead atoms. The number of likely N-dealkylation sites (tertiary alicyclic amines) is 1. The number of nitrogens with zero attached hydrogens (tertiary/aromatic N) is 4. The van der Waals surface area contributed by atoms with E-state index < -0.39 is 0 Å². The molecule has 3 atom stereocenters. The van der Waals surface area contributed by atoms with Crippen LogP contribution in [0.25, 0.3) is 27.9 Å². The summed E-state index contributed by atoms with van der Waals surface area (Å²) in [7, 11) is 3.97. The fourth-order valence-corrected chi connectivity index (χ4v) is 6.65. The van der Waals surface area contributed by atoms with Gasteiger partial charge in [-0.2, -0.15) is 0 Å². The Kier molecular flexibility index (Phi) is 5.50. The van der Waals surface area contributed by atoms with Crippen LogP contribution >= 0.6 is 0 Å². The molecule has 1 amide bonds. The van der Waals surface area contributed by atoms with E-state index in [1.54, 1.807) is 0 Å². The molecule has 3 aliphatic rings. The van der Waals surface area contributed by atoms with E-state index in [-0.39, 0.29) is 5.92 Å². The molecule has 7 nitrogen and oxygen atoms in total. The van der Waals surface area contributed by atoms with Gasteiger partial charge in [0, 0.05) is 44.4 Å². The number of piperidine rings is 1. The number of carbonyl (C=O) groups is 1. The Morgan fingerprint density at radius 3 is 2.49 bits per heavy atom. The highest BCUT2D eigenvalue weighted by atomic mass is 16.2. The Balaban J connectivity index is 1.35. The van der Waals surface area contributed by atoms with E-state index in [9.17, 15) is 4.79 Å². The molecule has 182 valence electrons. The molecule has 0 spiro atoms. The van der Waals surface area contributed by atoms with Crippen LogP contribution in [-0.4, -0.2) is 45.5 Å². The molecule has 1 saturated heterocycles. The highest BCUT2D eigenvalue weighted by Gasteiger charge is 2.37. The van der Waals surface area contributed by atoms with Crippen molar-refractivity contribution in [3.8, 4) is 11.3 Å². The number of hydrogen-bond acceptors (Lipinski definition) is 5. The van der Waals surface area contributed by atoms with Gasteiger partial charge in [0.05, 0.1) is 11.1 Å². The maximum absolute atomic E-state index is 13.4. The minimum atomic E-state index is 0.0817. The summed E-state index contributed by atoms with van der Waals surface area (Å²) in [6, 6.07) is 8.43. The van der Waals surface area contributed by atoms with Crippen LogP contribution in [0.15, 0.2) is 36.7 Å². The Hall–Kier alpha value is -3.35. The maximum atomic E-state index is 13.4. The van der Waals surface area contributed by atoms with Crippen LogP contribution in [-0.2, 0) is 11.8 Å². The van der Waals surface area contributed by atoms with Crippen LogP contribution in [0.3, 0.4) is 0 Å². The predicted octanol–water partition coefficient (Wildman–Crippen LogP) is 4.70. The largest absolute Gasteiger partial charge is 0.388 e. The number of allylic oxidation sites excluding steroid dienone is 2. The van der Waals surface area contributed by atoms with E-state index >= 15 is 0 Å². The first kappa shape index (κ1) is 22.1. The third kappa shape index (κ3) is 3.77. The molecule has 35 heavy (non-hydrogen) atoms. The zero-order chi connectivity index (χ0) is 24.1. The number of nitrogens with two attached hydrogens (primary N) is 1. The number of hydrogen-bond donors (Lipinski definition) is 2. The van der Waals surface area contributed by atoms with Gasteiger partial charge in [0.25, 0.3) is 0 Å². The molecule has 3 aromatic rings. The van der Waals surface area contributed by atoms with Gasteiger partial charge in [-0.15, -0.1) is 0 Å². The van der Waals surface area contributed by atoms with Crippen molar-refractivity contribution in [1.82, 2.24) is 19.4 Å². The SMILES string of the molecule is CNc1ccc(-c2c(C3=CCC(C(=O)N4CC5CCC(C5)C4)CC3)c3c(N)ncnc3n2C)cc1. The molecule has 2 aliphatic carbocycles. The Bertz CT molecular complexity index is 1300. The van der Waals surface area contributed by atoms with E-state index in [1.165, 1.54) is 31.2 Å². The van der Waals surface area contributed by atoms with Crippen molar-refractivity contribution >= 4 is 34.0 Å². The van der Waals surface area contributed by atoms with Crippen molar-refractivity contribution in [3.63, 3.8) is 0 Å². The van der Waals surface area contributed by atoms with Crippen molar-refractivity contribution in [2.45, 2.75) is 38.5 Å². The Morgan fingerprint density at radius 2 is 1.83 bits per heavy atom. The molecule has 3 N–H and O–H groups in total. The minimum Gasteiger partial charge on any atom is -0.388 e. The monoisotopic (exact) mass is 470 g/mol. The average Bonchev–Trinajstić information content (AvgIpc) is 3.39. The number of carbonyl (C=O) groups excluding carboxylic acids is 1. The van der Waals surface area contributed by atoms with E-state index in [2.05, 4.69) is 55.1 Å². The Labute approximate surface area is 206 Å². The first-order chi connectivity index (χ1) is 17.0. The van der Waals surface area contributed by atoms with Gasteiger partial charge in [-0.25, -0.2) is 9.97 Å². The molecule has 0 radical (unpaired) electrons. The van der Waals surface area contributed by atoms with E-state index in [0.717, 1.165) is 77.7 Å². The van der Waals surface area contributed by atoms with Crippen LogP contribution in [0.1, 0.15) is 44.1 Å². The first-order valence-electron chi connectivity index (χ1n) is 12.9. The van der Waals surface area contributed by atoms with Crippen molar-refractivity contribution in [2.75, 3.05) is 31.2 Å². The number of anilines is 2. The van der Waals surface area contributed by atoms with Crippen LogP contribution in [0.5, 0.6) is 0 Å². The van der Waals surface area contributed by atoms with Crippen molar-refractivity contribution in [1.29, 1.82) is 0 Å². The topological polar surface area (TPSA) is 89.1 Å². The maximum Gasteiger partial charge on any atom is 0.226 e. The van der Waals surface area contributed by atoms with Crippen molar-refractivity contribution in [2.24, 2.45) is 24.8 Å². The summed E-state index contributed by atoms with van der Waals surface area (Å²) in [5.74, 6) is 2.39. The molecular weight excluding hydrogens is 436 g/mol. The standard InChI is InChI=1S/C28H34N6O/c1-30-22-11-9-20(10-12-22)25-23(24-26(29)31-16-32-27(24)33(25)2)19-5-7-21(8-6-19)28(35)34-14-17-3-4-18(13-17)15-34/h5,9-12,16-18,21,30H,3-4,6-8,13-15H2,1-2H3,(H2,29,31,32). The fraction of sp³-hybridized carbons (Fsp3) is 0.464. The third-order valence-corrected chi connectivity index (χ3v) is 8.44. The summed E-state index contributed by atoms with van der Waals surface area (Å²) >= 11 is 0. The summed E-state index contributed by atoms with van der Waals surface area (Å²) in [5, 5.41) is 4.10. The van der Waals surface area contributed by atoms with Crippen molar-refractivity contribution < 1.29 is 4.79 Å².